The molecule has 2 aliphatic rings. The zero-order chi connectivity index (χ0) is 15.6. The molecule has 1 aromatic carbocycles. The quantitative estimate of drug-likeness (QED) is 0.789. The van der Waals surface area contributed by atoms with Crippen molar-refractivity contribution in [1.82, 2.24) is 15.5 Å². The lowest BCUT2D eigenvalue weighted by molar-refractivity contribution is 0.171. The standard InChI is InChI=1S/C16H18N4O3/c21-16(18-11-1-3-13-10(7-11)9-17-20-13)19-12-2-4-14-15(8-12)23-6-5-22-14/h2,4,8-9,11H,1,3,5-7H2,(H,17,20)(H2,18,19,21). The van der Waals surface area contributed by atoms with E-state index in [2.05, 4.69) is 20.8 Å². The van der Waals surface area contributed by atoms with Crippen molar-refractivity contribution in [3.05, 3.63) is 35.7 Å². The Bertz CT molecular complexity index is 728. The number of carbonyl (C=O) groups excluding carboxylic acids is 1. The normalized spacial score (nSPS) is 18.9. The average Bonchev–Trinajstić information content (AvgIpc) is 3.02. The first-order chi connectivity index (χ1) is 11.3. The van der Waals surface area contributed by atoms with Gasteiger partial charge in [0.15, 0.2) is 11.5 Å². The van der Waals surface area contributed by atoms with Crippen molar-refractivity contribution in [3.63, 3.8) is 0 Å². The molecule has 1 aliphatic heterocycles. The van der Waals surface area contributed by atoms with Gasteiger partial charge >= 0.3 is 6.03 Å². The van der Waals surface area contributed by atoms with Gasteiger partial charge in [-0.05, 0) is 37.0 Å². The number of nitrogens with one attached hydrogen (secondary N) is 3. The van der Waals surface area contributed by atoms with Crippen molar-refractivity contribution in [2.75, 3.05) is 18.5 Å². The number of amides is 2. The Hall–Kier alpha value is -2.70. The van der Waals surface area contributed by atoms with E-state index in [0.29, 0.717) is 30.4 Å². The number of rotatable bonds is 2. The van der Waals surface area contributed by atoms with Crippen molar-refractivity contribution >= 4 is 11.7 Å². The molecule has 1 atom stereocenters. The van der Waals surface area contributed by atoms with Crippen molar-refractivity contribution in [2.45, 2.75) is 25.3 Å². The highest BCUT2D eigenvalue weighted by atomic mass is 16.6. The molecule has 2 amide bonds. The number of aryl methyl sites for hydroxylation is 1. The fourth-order valence-electron chi connectivity index (χ4n) is 3.01. The molecule has 1 aliphatic carbocycles. The summed E-state index contributed by atoms with van der Waals surface area (Å²) < 4.78 is 11.0. The molecule has 0 spiro atoms. The summed E-state index contributed by atoms with van der Waals surface area (Å²) >= 11 is 0. The van der Waals surface area contributed by atoms with Gasteiger partial charge in [-0.2, -0.15) is 5.10 Å². The first-order valence-corrected chi connectivity index (χ1v) is 7.76. The summed E-state index contributed by atoms with van der Waals surface area (Å²) in [6.07, 6.45) is 4.45. The highest BCUT2D eigenvalue weighted by Gasteiger charge is 2.21. The van der Waals surface area contributed by atoms with E-state index in [4.69, 9.17) is 9.47 Å². The third-order valence-corrected chi connectivity index (χ3v) is 4.15. The number of hydrogen-bond acceptors (Lipinski definition) is 4. The first kappa shape index (κ1) is 13.9. The van der Waals surface area contributed by atoms with Crippen molar-refractivity contribution in [2.24, 2.45) is 0 Å². The average molecular weight is 314 g/mol. The molecule has 0 bridgehead atoms. The van der Waals surface area contributed by atoms with Crippen LogP contribution in [0, 0.1) is 0 Å². The molecule has 120 valence electrons. The molecule has 7 heteroatoms. The predicted octanol–water partition coefficient (Wildman–Crippen LogP) is 1.86. The Labute approximate surface area is 133 Å². The number of fused-ring (bicyclic) bond motifs is 2. The molecule has 23 heavy (non-hydrogen) atoms. The second kappa shape index (κ2) is 5.83. The molecule has 7 nitrogen and oxygen atoms in total. The number of benzene rings is 1. The Morgan fingerprint density at radius 3 is 3.04 bits per heavy atom. The van der Waals surface area contributed by atoms with Gasteiger partial charge in [-0.3, -0.25) is 5.10 Å². The first-order valence-electron chi connectivity index (χ1n) is 7.76. The fourth-order valence-corrected chi connectivity index (χ4v) is 3.01. The third-order valence-electron chi connectivity index (χ3n) is 4.15. The van der Waals surface area contributed by atoms with Crippen molar-refractivity contribution < 1.29 is 14.3 Å². The summed E-state index contributed by atoms with van der Waals surface area (Å²) in [5, 5.41) is 12.9. The number of urea groups is 1. The number of H-pyrrole nitrogens is 1. The summed E-state index contributed by atoms with van der Waals surface area (Å²) in [6, 6.07) is 5.31. The summed E-state index contributed by atoms with van der Waals surface area (Å²) in [5.74, 6) is 1.37. The molecule has 0 fully saturated rings. The van der Waals surface area contributed by atoms with Gasteiger partial charge in [0.1, 0.15) is 13.2 Å². The van der Waals surface area contributed by atoms with Gasteiger partial charge in [0.25, 0.3) is 0 Å². The van der Waals surface area contributed by atoms with E-state index < -0.39 is 0 Å². The largest absolute Gasteiger partial charge is 0.486 e. The summed E-state index contributed by atoms with van der Waals surface area (Å²) in [7, 11) is 0. The molecule has 0 radical (unpaired) electrons. The van der Waals surface area contributed by atoms with Gasteiger partial charge in [0.2, 0.25) is 0 Å². The van der Waals surface area contributed by atoms with E-state index in [0.717, 1.165) is 19.3 Å². The lowest BCUT2D eigenvalue weighted by Gasteiger charge is -2.23. The highest BCUT2D eigenvalue weighted by molar-refractivity contribution is 5.89. The molecule has 1 aromatic heterocycles. The highest BCUT2D eigenvalue weighted by Crippen LogP contribution is 2.32. The smallest absolute Gasteiger partial charge is 0.319 e. The minimum Gasteiger partial charge on any atom is -0.486 e. The van der Waals surface area contributed by atoms with E-state index in [1.807, 2.05) is 18.3 Å². The van der Waals surface area contributed by atoms with Crippen LogP contribution < -0.4 is 20.1 Å². The van der Waals surface area contributed by atoms with E-state index in [1.165, 1.54) is 11.3 Å². The van der Waals surface area contributed by atoms with Crippen LogP contribution in [0.2, 0.25) is 0 Å². The molecule has 0 saturated carbocycles. The van der Waals surface area contributed by atoms with E-state index >= 15 is 0 Å². The molecule has 4 rings (SSSR count). The van der Waals surface area contributed by atoms with Crippen LogP contribution in [0.25, 0.3) is 0 Å². The lowest BCUT2D eigenvalue weighted by Crippen LogP contribution is -2.41. The zero-order valence-corrected chi connectivity index (χ0v) is 12.6. The summed E-state index contributed by atoms with van der Waals surface area (Å²) in [4.78, 5) is 12.2. The maximum Gasteiger partial charge on any atom is 0.319 e. The molecule has 2 heterocycles. The van der Waals surface area contributed by atoms with Gasteiger partial charge in [-0.1, -0.05) is 0 Å². The van der Waals surface area contributed by atoms with Crippen LogP contribution in [-0.2, 0) is 12.8 Å². The molecular formula is C16H18N4O3. The lowest BCUT2D eigenvalue weighted by atomic mass is 9.94. The summed E-state index contributed by atoms with van der Waals surface area (Å²) in [6.45, 7) is 1.08. The van der Waals surface area contributed by atoms with Gasteiger partial charge in [-0.15, -0.1) is 0 Å². The number of ether oxygens (including phenoxy) is 2. The Balaban J connectivity index is 1.37. The molecule has 3 N–H and O–H groups in total. The van der Waals surface area contributed by atoms with Crippen LogP contribution in [0.3, 0.4) is 0 Å². The Morgan fingerprint density at radius 2 is 2.13 bits per heavy atom. The van der Waals surface area contributed by atoms with Crippen molar-refractivity contribution in [1.29, 1.82) is 0 Å². The maximum absolute atomic E-state index is 12.2. The van der Waals surface area contributed by atoms with Crippen LogP contribution in [0.15, 0.2) is 24.4 Å². The number of nitrogens with zero attached hydrogens (tertiary/aromatic N) is 1. The topological polar surface area (TPSA) is 88.3 Å². The van der Waals surface area contributed by atoms with Gasteiger partial charge in [-0.25, -0.2) is 4.79 Å². The SMILES string of the molecule is O=C(Nc1ccc2c(c1)OCCO2)NC1CCc2[nH]ncc2C1. The minimum atomic E-state index is -0.210. The number of anilines is 1. The predicted molar refractivity (Wildman–Crippen MR) is 84.0 cm³/mol. The fraction of sp³-hybridized carbons (Fsp3) is 0.375. The second-order valence-corrected chi connectivity index (χ2v) is 5.77. The molecule has 0 saturated heterocycles. The van der Waals surface area contributed by atoms with Crippen LogP contribution >= 0.6 is 0 Å². The number of hydrogen-bond donors (Lipinski definition) is 3. The van der Waals surface area contributed by atoms with Gasteiger partial charge < -0.3 is 20.1 Å². The second-order valence-electron chi connectivity index (χ2n) is 5.77. The Morgan fingerprint density at radius 1 is 1.26 bits per heavy atom. The molecule has 1 unspecified atom stereocenters. The van der Waals surface area contributed by atoms with E-state index in [1.54, 1.807) is 6.07 Å². The number of aromatic amines is 1. The maximum atomic E-state index is 12.2. The number of aromatic nitrogens is 2. The van der Waals surface area contributed by atoms with Crippen molar-refractivity contribution in [3.8, 4) is 11.5 Å². The van der Waals surface area contributed by atoms with Gasteiger partial charge in [0.05, 0.1) is 6.20 Å². The Kier molecular flexibility index (Phi) is 3.53. The number of carbonyl (C=O) groups is 1. The van der Waals surface area contributed by atoms with Crippen LogP contribution in [0.5, 0.6) is 11.5 Å². The zero-order valence-electron chi connectivity index (χ0n) is 12.6. The van der Waals surface area contributed by atoms with Gasteiger partial charge in [0, 0.05) is 23.5 Å². The van der Waals surface area contributed by atoms with E-state index in [9.17, 15) is 4.79 Å². The third kappa shape index (κ3) is 2.94. The minimum absolute atomic E-state index is 0.123. The van der Waals surface area contributed by atoms with E-state index in [-0.39, 0.29) is 12.1 Å². The summed E-state index contributed by atoms with van der Waals surface area (Å²) in [5.41, 5.74) is 3.04. The van der Waals surface area contributed by atoms with Crippen LogP contribution in [0.4, 0.5) is 10.5 Å². The monoisotopic (exact) mass is 314 g/mol. The molecule has 2 aromatic rings. The molecular weight excluding hydrogens is 296 g/mol. The van der Waals surface area contributed by atoms with Crippen LogP contribution in [-0.4, -0.2) is 35.5 Å². The van der Waals surface area contributed by atoms with Crippen LogP contribution in [0.1, 0.15) is 17.7 Å².